The fourth-order valence-electron chi connectivity index (χ4n) is 1.78. The second-order valence-electron chi connectivity index (χ2n) is 3.75. The fraction of sp³-hybridized carbons (Fsp3) is 0.818. The van der Waals surface area contributed by atoms with Gasteiger partial charge >= 0.3 is 0 Å². The van der Waals surface area contributed by atoms with Gasteiger partial charge in [-0.2, -0.15) is 0 Å². The molecule has 1 N–H and O–H groups in total. The minimum atomic E-state index is 0.357. The maximum atomic E-state index is 5.66. The molecule has 1 saturated heterocycles. The normalized spacial score (nSPS) is 22.6. The molecule has 0 bridgehead atoms. The van der Waals surface area contributed by atoms with Crippen LogP contribution in [0.25, 0.3) is 0 Å². The first-order valence-corrected chi connectivity index (χ1v) is 5.52. The lowest BCUT2D eigenvalue weighted by molar-refractivity contribution is 0.00758. The lowest BCUT2D eigenvalue weighted by atomic mass is 10.2. The third kappa shape index (κ3) is 4.22. The molecule has 0 aromatic heterocycles. The number of nitrogens with zero attached hydrogens (tertiary/aromatic N) is 1. The molecule has 14 heavy (non-hydrogen) atoms. The van der Waals surface area contributed by atoms with Crippen LogP contribution in [0.2, 0.25) is 0 Å². The molecule has 1 rings (SSSR count). The van der Waals surface area contributed by atoms with Crippen molar-refractivity contribution in [2.75, 3.05) is 39.3 Å². The van der Waals surface area contributed by atoms with Gasteiger partial charge in [0.25, 0.3) is 0 Å². The fourth-order valence-corrected chi connectivity index (χ4v) is 1.78. The smallest absolute Gasteiger partial charge is 0.0826 e. The van der Waals surface area contributed by atoms with Crippen molar-refractivity contribution in [3.63, 3.8) is 0 Å². The Morgan fingerprint density at radius 2 is 2.50 bits per heavy atom. The van der Waals surface area contributed by atoms with Crippen LogP contribution >= 0.6 is 0 Å². The standard InChI is InChI=1S/C11H22N2O/c1-3-6-13(7-4-2)10-11-9-12-5-8-14-11/h3,11-12H,1,4-10H2,2H3. The summed E-state index contributed by atoms with van der Waals surface area (Å²) in [6, 6.07) is 0. The van der Waals surface area contributed by atoms with Crippen LogP contribution < -0.4 is 5.32 Å². The predicted octanol–water partition coefficient (Wildman–Crippen LogP) is 0.873. The van der Waals surface area contributed by atoms with Crippen LogP contribution in [0, 0.1) is 0 Å². The van der Waals surface area contributed by atoms with Crippen LogP contribution in [0.4, 0.5) is 0 Å². The van der Waals surface area contributed by atoms with Crippen LogP contribution in [-0.4, -0.2) is 50.3 Å². The van der Waals surface area contributed by atoms with E-state index < -0.39 is 0 Å². The summed E-state index contributed by atoms with van der Waals surface area (Å²) in [4.78, 5) is 2.39. The van der Waals surface area contributed by atoms with Crippen LogP contribution in [-0.2, 0) is 4.74 Å². The van der Waals surface area contributed by atoms with Crippen molar-refractivity contribution in [1.29, 1.82) is 0 Å². The zero-order chi connectivity index (χ0) is 10.2. The molecule has 0 spiro atoms. The van der Waals surface area contributed by atoms with Gasteiger partial charge in [0.1, 0.15) is 0 Å². The Labute approximate surface area is 87.1 Å². The monoisotopic (exact) mass is 198 g/mol. The van der Waals surface area contributed by atoms with Gasteiger partial charge < -0.3 is 10.1 Å². The summed E-state index contributed by atoms with van der Waals surface area (Å²) in [5.74, 6) is 0. The molecule has 1 unspecified atom stereocenters. The van der Waals surface area contributed by atoms with Crippen molar-refractivity contribution in [3.8, 4) is 0 Å². The third-order valence-corrected chi connectivity index (χ3v) is 2.39. The van der Waals surface area contributed by atoms with E-state index in [9.17, 15) is 0 Å². The van der Waals surface area contributed by atoms with Crippen molar-refractivity contribution in [1.82, 2.24) is 10.2 Å². The van der Waals surface area contributed by atoms with Crippen molar-refractivity contribution in [3.05, 3.63) is 12.7 Å². The molecule has 0 aromatic rings. The molecular formula is C11H22N2O. The van der Waals surface area contributed by atoms with Gasteiger partial charge in [0, 0.05) is 26.2 Å². The van der Waals surface area contributed by atoms with E-state index in [0.717, 1.165) is 39.3 Å². The summed E-state index contributed by atoms with van der Waals surface area (Å²) in [5, 5.41) is 3.35. The molecule has 0 amide bonds. The second-order valence-corrected chi connectivity index (χ2v) is 3.75. The molecule has 1 heterocycles. The first kappa shape index (κ1) is 11.7. The van der Waals surface area contributed by atoms with Crippen LogP contribution in [0.15, 0.2) is 12.7 Å². The van der Waals surface area contributed by atoms with Crippen LogP contribution in [0.3, 0.4) is 0 Å². The van der Waals surface area contributed by atoms with E-state index in [-0.39, 0.29) is 0 Å². The Morgan fingerprint density at radius 1 is 1.64 bits per heavy atom. The van der Waals surface area contributed by atoms with Gasteiger partial charge in [-0.25, -0.2) is 0 Å². The summed E-state index contributed by atoms with van der Waals surface area (Å²) in [7, 11) is 0. The van der Waals surface area contributed by atoms with E-state index in [1.165, 1.54) is 6.42 Å². The molecule has 1 atom stereocenters. The maximum Gasteiger partial charge on any atom is 0.0826 e. The molecule has 1 aliphatic heterocycles. The van der Waals surface area contributed by atoms with Crippen molar-refractivity contribution < 1.29 is 4.74 Å². The Kier molecular flexibility index (Phi) is 5.83. The molecule has 3 nitrogen and oxygen atoms in total. The van der Waals surface area contributed by atoms with Gasteiger partial charge in [0.15, 0.2) is 0 Å². The average molecular weight is 198 g/mol. The lowest BCUT2D eigenvalue weighted by Crippen LogP contribution is -2.45. The second kappa shape index (κ2) is 6.98. The number of rotatable bonds is 6. The number of ether oxygens (including phenoxy) is 1. The average Bonchev–Trinajstić information content (AvgIpc) is 2.20. The van der Waals surface area contributed by atoms with Gasteiger partial charge in [-0.3, -0.25) is 4.90 Å². The maximum absolute atomic E-state index is 5.66. The zero-order valence-electron chi connectivity index (χ0n) is 9.17. The molecule has 3 heteroatoms. The van der Waals surface area contributed by atoms with Crippen molar-refractivity contribution >= 4 is 0 Å². The zero-order valence-corrected chi connectivity index (χ0v) is 9.17. The minimum absolute atomic E-state index is 0.357. The number of nitrogens with one attached hydrogen (secondary N) is 1. The highest BCUT2D eigenvalue weighted by Crippen LogP contribution is 2.01. The SMILES string of the molecule is C=CCN(CCC)CC1CNCCO1. The molecule has 0 aromatic carbocycles. The first-order chi connectivity index (χ1) is 6.86. The van der Waals surface area contributed by atoms with E-state index in [4.69, 9.17) is 4.74 Å². The first-order valence-electron chi connectivity index (χ1n) is 5.52. The van der Waals surface area contributed by atoms with E-state index in [0.29, 0.717) is 6.10 Å². The predicted molar refractivity (Wildman–Crippen MR) is 59.5 cm³/mol. The van der Waals surface area contributed by atoms with E-state index in [2.05, 4.69) is 23.7 Å². The largest absolute Gasteiger partial charge is 0.374 e. The molecule has 0 saturated carbocycles. The molecular weight excluding hydrogens is 176 g/mol. The lowest BCUT2D eigenvalue weighted by Gasteiger charge is -2.29. The van der Waals surface area contributed by atoms with Gasteiger partial charge in [-0.1, -0.05) is 13.0 Å². The molecule has 0 radical (unpaired) electrons. The number of morpholine rings is 1. The highest BCUT2D eigenvalue weighted by atomic mass is 16.5. The summed E-state index contributed by atoms with van der Waals surface area (Å²) in [6.45, 7) is 11.9. The van der Waals surface area contributed by atoms with Crippen molar-refractivity contribution in [2.24, 2.45) is 0 Å². The number of hydrogen-bond acceptors (Lipinski definition) is 3. The van der Waals surface area contributed by atoms with Crippen molar-refractivity contribution in [2.45, 2.75) is 19.4 Å². The van der Waals surface area contributed by atoms with E-state index >= 15 is 0 Å². The molecule has 0 aliphatic carbocycles. The highest BCUT2D eigenvalue weighted by molar-refractivity contribution is 4.77. The molecule has 1 fully saturated rings. The van der Waals surface area contributed by atoms with E-state index in [1.807, 2.05) is 6.08 Å². The van der Waals surface area contributed by atoms with Gasteiger partial charge in [0.05, 0.1) is 12.7 Å². The Bertz CT molecular complexity index is 155. The molecule has 1 aliphatic rings. The quantitative estimate of drug-likeness (QED) is 0.641. The molecule has 82 valence electrons. The highest BCUT2D eigenvalue weighted by Gasteiger charge is 2.15. The minimum Gasteiger partial charge on any atom is -0.374 e. The van der Waals surface area contributed by atoms with Gasteiger partial charge in [-0.15, -0.1) is 6.58 Å². The summed E-state index contributed by atoms with van der Waals surface area (Å²) in [6.07, 6.45) is 3.51. The summed E-state index contributed by atoms with van der Waals surface area (Å²) < 4.78 is 5.66. The summed E-state index contributed by atoms with van der Waals surface area (Å²) >= 11 is 0. The Hall–Kier alpha value is -0.380. The number of hydrogen-bond donors (Lipinski definition) is 1. The van der Waals surface area contributed by atoms with Gasteiger partial charge in [0.2, 0.25) is 0 Å². The van der Waals surface area contributed by atoms with Crippen LogP contribution in [0.1, 0.15) is 13.3 Å². The van der Waals surface area contributed by atoms with Crippen LogP contribution in [0.5, 0.6) is 0 Å². The third-order valence-electron chi connectivity index (χ3n) is 2.39. The Morgan fingerprint density at radius 3 is 3.07 bits per heavy atom. The summed E-state index contributed by atoms with van der Waals surface area (Å²) in [5.41, 5.74) is 0. The van der Waals surface area contributed by atoms with E-state index in [1.54, 1.807) is 0 Å². The Balaban J connectivity index is 2.25. The van der Waals surface area contributed by atoms with Gasteiger partial charge in [-0.05, 0) is 13.0 Å². The topological polar surface area (TPSA) is 24.5 Å².